The minimum atomic E-state index is -4.28. The predicted molar refractivity (Wildman–Crippen MR) is 67.4 cm³/mol. The highest BCUT2D eigenvalue weighted by molar-refractivity contribution is 5.32. The molecule has 2 N–H and O–H groups in total. The third-order valence-corrected chi connectivity index (χ3v) is 2.85. The molecule has 0 radical (unpaired) electrons. The van der Waals surface area contributed by atoms with Gasteiger partial charge in [-0.1, -0.05) is 13.0 Å². The van der Waals surface area contributed by atoms with Crippen molar-refractivity contribution in [3.63, 3.8) is 0 Å². The van der Waals surface area contributed by atoms with Gasteiger partial charge in [-0.2, -0.15) is 13.2 Å². The van der Waals surface area contributed by atoms with Crippen molar-refractivity contribution in [3.05, 3.63) is 34.9 Å². The van der Waals surface area contributed by atoms with Crippen LogP contribution in [0.15, 0.2) is 18.2 Å². The standard InChI is InChI=1S/C14H20F3N/c1-4-10-7-11(5-6-13(2,3)18)9-12(8-10)14(15,16)17/h7-9H,4-6,18H2,1-3H3. The van der Waals surface area contributed by atoms with Crippen LogP contribution in [-0.2, 0) is 19.0 Å². The molecule has 0 bridgehead atoms. The molecule has 0 heterocycles. The normalized spacial score (nSPS) is 12.8. The predicted octanol–water partition coefficient (Wildman–Crippen LogP) is 3.94. The number of rotatable bonds is 4. The van der Waals surface area contributed by atoms with E-state index >= 15 is 0 Å². The number of hydrogen-bond acceptors (Lipinski definition) is 1. The zero-order valence-corrected chi connectivity index (χ0v) is 11.1. The Bertz CT molecular complexity index is 402. The third kappa shape index (κ3) is 4.69. The van der Waals surface area contributed by atoms with Crippen LogP contribution in [0, 0.1) is 0 Å². The first-order chi connectivity index (χ1) is 8.12. The van der Waals surface area contributed by atoms with Crippen LogP contribution >= 0.6 is 0 Å². The quantitative estimate of drug-likeness (QED) is 0.870. The molecule has 0 spiro atoms. The minimum absolute atomic E-state index is 0.361. The van der Waals surface area contributed by atoms with Crippen LogP contribution in [0.25, 0.3) is 0 Å². The lowest BCUT2D eigenvalue weighted by atomic mass is 9.94. The SMILES string of the molecule is CCc1cc(CCC(C)(C)N)cc(C(F)(F)F)c1. The molecule has 1 aromatic rings. The van der Waals surface area contributed by atoms with Gasteiger partial charge < -0.3 is 5.73 Å². The van der Waals surface area contributed by atoms with Crippen molar-refractivity contribution in [3.8, 4) is 0 Å². The number of benzene rings is 1. The number of hydrogen-bond donors (Lipinski definition) is 1. The molecule has 0 aromatic heterocycles. The van der Waals surface area contributed by atoms with Crippen molar-refractivity contribution in [2.45, 2.75) is 51.7 Å². The number of halogens is 3. The molecule has 1 aromatic carbocycles. The average molecular weight is 259 g/mol. The second-order valence-corrected chi connectivity index (χ2v) is 5.38. The molecule has 0 aliphatic rings. The lowest BCUT2D eigenvalue weighted by Gasteiger charge is -2.19. The average Bonchev–Trinajstić information content (AvgIpc) is 2.24. The van der Waals surface area contributed by atoms with E-state index in [1.165, 1.54) is 12.1 Å². The summed E-state index contributed by atoms with van der Waals surface area (Å²) in [6, 6.07) is 4.28. The van der Waals surface area contributed by atoms with Gasteiger partial charge >= 0.3 is 6.18 Å². The van der Waals surface area contributed by atoms with E-state index in [4.69, 9.17) is 5.73 Å². The Balaban J connectivity index is 2.98. The monoisotopic (exact) mass is 259 g/mol. The lowest BCUT2D eigenvalue weighted by molar-refractivity contribution is -0.137. The largest absolute Gasteiger partial charge is 0.416 e. The minimum Gasteiger partial charge on any atom is -0.326 e. The molecule has 0 aliphatic heterocycles. The van der Waals surface area contributed by atoms with Gasteiger partial charge in [0, 0.05) is 5.54 Å². The molecule has 0 aliphatic carbocycles. The van der Waals surface area contributed by atoms with E-state index < -0.39 is 11.7 Å². The van der Waals surface area contributed by atoms with Crippen molar-refractivity contribution < 1.29 is 13.2 Å². The van der Waals surface area contributed by atoms with Gasteiger partial charge in [0.25, 0.3) is 0 Å². The number of aryl methyl sites for hydroxylation is 2. The summed E-state index contributed by atoms with van der Waals surface area (Å²) in [6.07, 6.45) is -2.45. The van der Waals surface area contributed by atoms with Crippen LogP contribution in [0.4, 0.5) is 13.2 Å². The van der Waals surface area contributed by atoms with Gasteiger partial charge in [-0.15, -0.1) is 0 Å². The van der Waals surface area contributed by atoms with Crippen LogP contribution in [0.5, 0.6) is 0 Å². The highest BCUT2D eigenvalue weighted by Gasteiger charge is 2.31. The molecule has 18 heavy (non-hydrogen) atoms. The molecule has 0 amide bonds. The Kier molecular flexibility index (Phi) is 4.43. The molecule has 102 valence electrons. The van der Waals surface area contributed by atoms with Crippen LogP contribution in [0.3, 0.4) is 0 Å². The molecule has 1 nitrogen and oxygen atoms in total. The van der Waals surface area contributed by atoms with Gasteiger partial charge in [-0.05, 0) is 56.4 Å². The summed E-state index contributed by atoms with van der Waals surface area (Å²) in [5, 5.41) is 0. The molecule has 1 rings (SSSR count). The molecule has 0 fully saturated rings. The first-order valence-electron chi connectivity index (χ1n) is 6.11. The molecule has 4 heteroatoms. The van der Waals surface area contributed by atoms with Crippen molar-refractivity contribution >= 4 is 0 Å². The lowest BCUT2D eigenvalue weighted by Crippen LogP contribution is -2.32. The third-order valence-electron chi connectivity index (χ3n) is 2.85. The Morgan fingerprint density at radius 1 is 1.06 bits per heavy atom. The smallest absolute Gasteiger partial charge is 0.326 e. The van der Waals surface area contributed by atoms with Crippen molar-refractivity contribution in [2.24, 2.45) is 5.73 Å². The fourth-order valence-corrected chi connectivity index (χ4v) is 1.74. The first-order valence-corrected chi connectivity index (χ1v) is 6.11. The van der Waals surface area contributed by atoms with E-state index in [0.29, 0.717) is 24.8 Å². The van der Waals surface area contributed by atoms with E-state index in [9.17, 15) is 13.2 Å². The van der Waals surface area contributed by atoms with E-state index in [1.54, 1.807) is 0 Å². The zero-order chi connectivity index (χ0) is 14.0. The first kappa shape index (κ1) is 15.0. The summed E-state index contributed by atoms with van der Waals surface area (Å²) < 4.78 is 38.2. The number of alkyl halides is 3. The van der Waals surface area contributed by atoms with Crippen LogP contribution in [-0.4, -0.2) is 5.54 Å². The van der Waals surface area contributed by atoms with Crippen LogP contribution in [0.1, 0.15) is 43.9 Å². The maximum absolute atomic E-state index is 12.7. The topological polar surface area (TPSA) is 26.0 Å². The molecular weight excluding hydrogens is 239 g/mol. The van der Waals surface area contributed by atoms with Crippen LogP contribution < -0.4 is 5.73 Å². The maximum Gasteiger partial charge on any atom is 0.416 e. The van der Waals surface area contributed by atoms with E-state index in [2.05, 4.69) is 0 Å². The molecule has 0 saturated heterocycles. The highest BCUT2D eigenvalue weighted by atomic mass is 19.4. The molecular formula is C14H20F3N. The Labute approximate surface area is 106 Å². The molecule has 0 unspecified atom stereocenters. The van der Waals surface area contributed by atoms with Gasteiger partial charge in [-0.25, -0.2) is 0 Å². The Morgan fingerprint density at radius 3 is 2.06 bits per heavy atom. The van der Waals surface area contributed by atoms with Crippen LogP contribution in [0.2, 0.25) is 0 Å². The summed E-state index contributed by atoms with van der Waals surface area (Å²) in [6.45, 7) is 5.61. The fraction of sp³-hybridized carbons (Fsp3) is 0.571. The summed E-state index contributed by atoms with van der Waals surface area (Å²) in [7, 11) is 0. The van der Waals surface area contributed by atoms with Gasteiger partial charge in [0.2, 0.25) is 0 Å². The number of nitrogens with two attached hydrogens (primary N) is 1. The zero-order valence-electron chi connectivity index (χ0n) is 11.1. The fourth-order valence-electron chi connectivity index (χ4n) is 1.74. The molecule has 0 atom stereocenters. The van der Waals surface area contributed by atoms with Crippen molar-refractivity contribution in [1.82, 2.24) is 0 Å². The second-order valence-electron chi connectivity index (χ2n) is 5.38. The van der Waals surface area contributed by atoms with E-state index in [1.807, 2.05) is 26.8 Å². The van der Waals surface area contributed by atoms with Crippen molar-refractivity contribution in [2.75, 3.05) is 0 Å². The summed E-state index contributed by atoms with van der Waals surface area (Å²) in [5.41, 5.74) is 6.36. The van der Waals surface area contributed by atoms with Crippen molar-refractivity contribution in [1.29, 1.82) is 0 Å². The highest BCUT2D eigenvalue weighted by Crippen LogP contribution is 2.31. The summed E-state index contributed by atoms with van der Waals surface area (Å²) in [4.78, 5) is 0. The van der Waals surface area contributed by atoms with Gasteiger partial charge in [0.15, 0.2) is 0 Å². The van der Waals surface area contributed by atoms with E-state index in [0.717, 1.165) is 5.56 Å². The second kappa shape index (κ2) is 5.31. The van der Waals surface area contributed by atoms with Gasteiger partial charge in [0.05, 0.1) is 5.56 Å². The maximum atomic E-state index is 12.7. The van der Waals surface area contributed by atoms with Gasteiger partial charge in [-0.3, -0.25) is 0 Å². The Morgan fingerprint density at radius 2 is 1.61 bits per heavy atom. The van der Waals surface area contributed by atoms with Gasteiger partial charge in [0.1, 0.15) is 0 Å². The van der Waals surface area contributed by atoms with E-state index in [-0.39, 0.29) is 5.54 Å². The molecule has 0 saturated carbocycles. The summed E-state index contributed by atoms with van der Waals surface area (Å²) >= 11 is 0. The summed E-state index contributed by atoms with van der Waals surface area (Å²) in [5.74, 6) is 0. The Hall–Kier alpha value is -1.03.